The smallest absolute Gasteiger partial charge is 0.257 e. The third-order valence-corrected chi connectivity index (χ3v) is 5.13. The number of amides is 1. The zero-order valence-electron chi connectivity index (χ0n) is 13.2. The van der Waals surface area contributed by atoms with Gasteiger partial charge in [-0.2, -0.15) is 5.10 Å². The van der Waals surface area contributed by atoms with Gasteiger partial charge in [0, 0.05) is 34.8 Å². The number of aryl methyl sites for hydroxylation is 3. The monoisotopic (exact) mass is 432 g/mol. The molecule has 0 unspecified atom stereocenters. The number of benzene rings is 1. The van der Waals surface area contributed by atoms with Gasteiger partial charge < -0.3 is 5.32 Å². The lowest BCUT2D eigenvalue weighted by Crippen LogP contribution is -2.14. The SMILES string of the molecule is Cc1cccc(C(=O)Nc2ccn(CCc3ccncc3)n2)c1I. The summed E-state index contributed by atoms with van der Waals surface area (Å²) in [7, 11) is 0. The summed E-state index contributed by atoms with van der Waals surface area (Å²) in [5.41, 5.74) is 2.97. The molecule has 2 heterocycles. The molecule has 1 amide bonds. The third kappa shape index (κ3) is 4.00. The molecule has 1 aromatic carbocycles. The van der Waals surface area contributed by atoms with E-state index in [0.717, 1.165) is 22.1 Å². The predicted molar refractivity (Wildman–Crippen MR) is 102 cm³/mol. The van der Waals surface area contributed by atoms with Crippen LogP contribution >= 0.6 is 22.6 Å². The summed E-state index contributed by atoms with van der Waals surface area (Å²) in [6.07, 6.45) is 6.31. The number of hydrogen-bond donors (Lipinski definition) is 1. The lowest BCUT2D eigenvalue weighted by atomic mass is 10.1. The molecule has 24 heavy (non-hydrogen) atoms. The highest BCUT2D eigenvalue weighted by molar-refractivity contribution is 14.1. The van der Waals surface area contributed by atoms with Gasteiger partial charge in [0.05, 0.1) is 5.56 Å². The number of nitrogens with zero attached hydrogens (tertiary/aromatic N) is 3. The first-order chi connectivity index (χ1) is 11.6. The maximum Gasteiger partial charge on any atom is 0.257 e. The van der Waals surface area contributed by atoms with Gasteiger partial charge in [-0.3, -0.25) is 14.5 Å². The van der Waals surface area contributed by atoms with Crippen molar-refractivity contribution < 1.29 is 4.79 Å². The van der Waals surface area contributed by atoms with Crippen LogP contribution in [0.3, 0.4) is 0 Å². The molecule has 0 aliphatic carbocycles. The Morgan fingerprint density at radius 2 is 2.00 bits per heavy atom. The number of hydrogen-bond acceptors (Lipinski definition) is 3. The lowest BCUT2D eigenvalue weighted by molar-refractivity contribution is 0.102. The van der Waals surface area contributed by atoms with Gasteiger partial charge in [-0.05, 0) is 65.3 Å². The molecule has 0 aliphatic heterocycles. The summed E-state index contributed by atoms with van der Waals surface area (Å²) in [6, 6.07) is 11.5. The average molecular weight is 432 g/mol. The fraction of sp³-hybridized carbons (Fsp3) is 0.167. The van der Waals surface area contributed by atoms with E-state index in [4.69, 9.17) is 0 Å². The van der Waals surface area contributed by atoms with E-state index in [1.165, 1.54) is 5.56 Å². The molecule has 0 bridgehead atoms. The van der Waals surface area contributed by atoms with Crippen LogP contribution in [-0.4, -0.2) is 20.7 Å². The third-order valence-electron chi connectivity index (χ3n) is 3.70. The summed E-state index contributed by atoms with van der Waals surface area (Å²) < 4.78 is 2.79. The van der Waals surface area contributed by atoms with Crippen LogP contribution in [0, 0.1) is 10.5 Å². The summed E-state index contributed by atoms with van der Waals surface area (Å²) >= 11 is 2.20. The van der Waals surface area contributed by atoms with Crippen LogP contribution in [-0.2, 0) is 13.0 Å². The quantitative estimate of drug-likeness (QED) is 0.626. The van der Waals surface area contributed by atoms with Gasteiger partial charge in [0.2, 0.25) is 0 Å². The van der Waals surface area contributed by atoms with Crippen LogP contribution in [0.15, 0.2) is 55.0 Å². The Morgan fingerprint density at radius 3 is 2.79 bits per heavy atom. The van der Waals surface area contributed by atoms with Crippen LogP contribution in [0.2, 0.25) is 0 Å². The van der Waals surface area contributed by atoms with Gasteiger partial charge in [-0.15, -0.1) is 0 Å². The fourth-order valence-electron chi connectivity index (χ4n) is 2.35. The number of rotatable bonds is 5. The summed E-state index contributed by atoms with van der Waals surface area (Å²) in [5, 5.41) is 7.27. The van der Waals surface area contributed by atoms with Crippen molar-refractivity contribution in [2.45, 2.75) is 19.9 Å². The van der Waals surface area contributed by atoms with E-state index in [2.05, 4.69) is 38.0 Å². The summed E-state index contributed by atoms with van der Waals surface area (Å²) in [4.78, 5) is 16.4. The highest BCUT2D eigenvalue weighted by atomic mass is 127. The van der Waals surface area contributed by atoms with Crippen molar-refractivity contribution in [3.63, 3.8) is 0 Å². The van der Waals surface area contributed by atoms with E-state index in [1.54, 1.807) is 12.4 Å². The van der Waals surface area contributed by atoms with Crippen LogP contribution in [0.25, 0.3) is 0 Å². The average Bonchev–Trinajstić information content (AvgIpc) is 3.04. The van der Waals surface area contributed by atoms with Crippen molar-refractivity contribution in [1.82, 2.24) is 14.8 Å². The van der Waals surface area contributed by atoms with E-state index in [1.807, 2.05) is 54.2 Å². The van der Waals surface area contributed by atoms with Crippen molar-refractivity contribution in [3.8, 4) is 0 Å². The molecule has 0 aliphatic rings. The first kappa shape index (κ1) is 16.6. The fourth-order valence-corrected chi connectivity index (χ4v) is 2.96. The van der Waals surface area contributed by atoms with Crippen molar-refractivity contribution in [3.05, 3.63) is 75.2 Å². The topological polar surface area (TPSA) is 59.8 Å². The second-order valence-corrected chi connectivity index (χ2v) is 6.54. The Balaban J connectivity index is 1.63. The molecule has 0 fully saturated rings. The molecule has 3 rings (SSSR count). The highest BCUT2D eigenvalue weighted by Gasteiger charge is 2.12. The second kappa shape index (κ2) is 7.57. The standard InChI is InChI=1S/C18H17IN4O/c1-13-3-2-4-15(17(13)19)18(24)21-16-8-12-23(22-16)11-7-14-5-9-20-10-6-14/h2-6,8-10,12H,7,11H2,1H3,(H,21,22,24). The lowest BCUT2D eigenvalue weighted by Gasteiger charge is -2.06. The summed E-state index contributed by atoms with van der Waals surface area (Å²) in [6.45, 7) is 2.74. The normalized spacial score (nSPS) is 10.6. The molecule has 0 radical (unpaired) electrons. The van der Waals surface area contributed by atoms with Crippen molar-refractivity contribution in [2.24, 2.45) is 0 Å². The molecular formula is C18H17IN4O. The molecule has 2 aromatic heterocycles. The highest BCUT2D eigenvalue weighted by Crippen LogP contribution is 2.18. The van der Waals surface area contributed by atoms with E-state index in [0.29, 0.717) is 11.4 Å². The molecule has 0 saturated carbocycles. The number of pyridine rings is 1. The first-order valence-corrected chi connectivity index (χ1v) is 8.70. The van der Waals surface area contributed by atoms with E-state index in [-0.39, 0.29) is 5.91 Å². The van der Waals surface area contributed by atoms with E-state index >= 15 is 0 Å². The molecule has 0 atom stereocenters. The Bertz CT molecular complexity index is 845. The minimum absolute atomic E-state index is 0.137. The molecule has 0 spiro atoms. The number of carbonyl (C=O) groups is 1. The second-order valence-electron chi connectivity index (χ2n) is 5.46. The zero-order valence-corrected chi connectivity index (χ0v) is 15.4. The Morgan fingerprint density at radius 1 is 1.21 bits per heavy atom. The van der Waals surface area contributed by atoms with Crippen LogP contribution in [0.1, 0.15) is 21.5 Å². The van der Waals surface area contributed by atoms with Crippen molar-refractivity contribution >= 4 is 34.3 Å². The van der Waals surface area contributed by atoms with Crippen LogP contribution < -0.4 is 5.32 Å². The Hall–Kier alpha value is -2.22. The van der Waals surface area contributed by atoms with Gasteiger partial charge in [0.25, 0.3) is 5.91 Å². The van der Waals surface area contributed by atoms with Gasteiger partial charge in [-0.1, -0.05) is 12.1 Å². The first-order valence-electron chi connectivity index (χ1n) is 7.62. The van der Waals surface area contributed by atoms with Crippen LogP contribution in [0.4, 0.5) is 5.82 Å². The zero-order chi connectivity index (χ0) is 16.9. The Kier molecular flexibility index (Phi) is 5.24. The minimum atomic E-state index is -0.137. The number of aromatic nitrogens is 3. The largest absolute Gasteiger partial charge is 0.305 e. The van der Waals surface area contributed by atoms with Crippen molar-refractivity contribution in [2.75, 3.05) is 5.32 Å². The number of halogens is 1. The van der Waals surface area contributed by atoms with Gasteiger partial charge in [0.1, 0.15) is 0 Å². The Labute approximate surface area is 154 Å². The number of carbonyl (C=O) groups excluding carboxylic acids is 1. The van der Waals surface area contributed by atoms with E-state index in [9.17, 15) is 4.79 Å². The van der Waals surface area contributed by atoms with Gasteiger partial charge in [0.15, 0.2) is 5.82 Å². The molecule has 1 N–H and O–H groups in total. The van der Waals surface area contributed by atoms with Gasteiger partial charge >= 0.3 is 0 Å². The molecule has 6 heteroatoms. The maximum atomic E-state index is 12.4. The molecule has 122 valence electrons. The van der Waals surface area contributed by atoms with E-state index < -0.39 is 0 Å². The number of nitrogens with one attached hydrogen (secondary N) is 1. The molecule has 3 aromatic rings. The maximum absolute atomic E-state index is 12.4. The number of anilines is 1. The minimum Gasteiger partial charge on any atom is -0.305 e. The van der Waals surface area contributed by atoms with Crippen LogP contribution in [0.5, 0.6) is 0 Å². The molecular weight excluding hydrogens is 415 g/mol. The van der Waals surface area contributed by atoms with Crippen molar-refractivity contribution in [1.29, 1.82) is 0 Å². The predicted octanol–water partition coefficient (Wildman–Crippen LogP) is 3.69. The summed E-state index contributed by atoms with van der Waals surface area (Å²) in [5.74, 6) is 0.425. The molecule has 0 saturated heterocycles. The molecule has 5 nitrogen and oxygen atoms in total. The van der Waals surface area contributed by atoms with Gasteiger partial charge in [-0.25, -0.2) is 0 Å².